The fraction of sp³-hybridized carbons (Fsp3) is 0.649. The molecule has 5 rings (SSSR count). The zero-order valence-electron chi connectivity index (χ0n) is 29.1. The molecule has 1 aliphatic carbocycles. The summed E-state index contributed by atoms with van der Waals surface area (Å²) in [6.45, 7) is 5.49. The lowest BCUT2D eigenvalue weighted by Crippen LogP contribution is -2.56. The summed E-state index contributed by atoms with van der Waals surface area (Å²) in [4.78, 5) is 14.3. The van der Waals surface area contributed by atoms with E-state index in [0.29, 0.717) is 25.7 Å². The molecule has 3 aliphatic rings. The van der Waals surface area contributed by atoms with Gasteiger partial charge >= 0.3 is 6.09 Å². The predicted octanol–water partition coefficient (Wildman–Crippen LogP) is 2.55. The number of hydrogen-bond donors (Lipinski definition) is 6. The minimum atomic E-state index is -1.46. The van der Waals surface area contributed by atoms with Crippen molar-refractivity contribution in [1.82, 2.24) is 10.2 Å². The van der Waals surface area contributed by atoms with Crippen LogP contribution in [0.4, 0.5) is 4.79 Å². The molecule has 2 aromatic rings. The van der Waals surface area contributed by atoms with Crippen LogP contribution in [0.15, 0.2) is 60.7 Å². The number of aliphatic hydroxyl groups excluding tert-OH is 5. The SMILES string of the molecule is CC(C)(C)OC(=O)N[C@H]1CC[C@H](N(C[C@H](O)C[C@@H]2OC(c3ccccc3)OC[C@H]2O)C[C@H](O)[C@@H](O)[C@@H]2OC(c3ccccc3)OC[C@H]2O)CC1. The van der Waals surface area contributed by atoms with Crippen molar-refractivity contribution in [2.45, 2.75) is 126 Å². The van der Waals surface area contributed by atoms with Crippen molar-refractivity contribution in [3.05, 3.63) is 71.8 Å². The van der Waals surface area contributed by atoms with Crippen LogP contribution in [0.1, 0.15) is 76.6 Å². The Bertz CT molecular complexity index is 1310. The zero-order valence-corrected chi connectivity index (χ0v) is 29.1. The van der Waals surface area contributed by atoms with E-state index in [-0.39, 0.29) is 44.8 Å². The van der Waals surface area contributed by atoms with Gasteiger partial charge in [0.15, 0.2) is 12.6 Å². The molecule has 2 saturated heterocycles. The average molecular weight is 703 g/mol. The standard InChI is InChI=1S/C37H54N2O11/c1-37(2,3)50-36(45)38-25-14-16-26(17-15-25)39(19-27(40)18-31-29(42)21-46-34(48-31)23-10-6-4-7-11-23)20-28(41)32(44)33-30(43)22-47-35(49-33)24-12-8-5-9-13-24/h4-13,25-35,40-44H,14-22H2,1-3H3,(H,38,45)/t25-,26-,27-,28+,29-,30-,31+,32-,33-,34?,35?/m1/s1. The topological polar surface area (TPSA) is 180 Å². The summed E-state index contributed by atoms with van der Waals surface area (Å²) in [5.74, 6) is 0. The molecule has 0 bridgehead atoms. The lowest BCUT2D eigenvalue weighted by atomic mass is 9.89. The molecule has 0 aromatic heterocycles. The number of carbonyl (C=O) groups excluding carboxylic acids is 1. The molecular weight excluding hydrogens is 648 g/mol. The van der Waals surface area contributed by atoms with Crippen LogP contribution in [0.25, 0.3) is 0 Å². The molecule has 278 valence electrons. The molecular formula is C37H54N2O11. The van der Waals surface area contributed by atoms with Gasteiger partial charge in [-0.05, 0) is 46.5 Å². The van der Waals surface area contributed by atoms with Crippen LogP contribution < -0.4 is 5.32 Å². The second-order valence-electron chi connectivity index (χ2n) is 14.6. The molecule has 2 aliphatic heterocycles. The first-order valence-electron chi connectivity index (χ1n) is 17.6. The highest BCUT2D eigenvalue weighted by Crippen LogP contribution is 2.32. The molecule has 6 N–H and O–H groups in total. The van der Waals surface area contributed by atoms with E-state index < -0.39 is 67.0 Å². The number of amides is 1. The number of nitrogens with one attached hydrogen (secondary N) is 1. The Kier molecular flexibility index (Phi) is 13.6. The van der Waals surface area contributed by atoms with Crippen LogP contribution in [0, 0.1) is 0 Å². The summed E-state index contributed by atoms with van der Waals surface area (Å²) < 4.78 is 28.8. The van der Waals surface area contributed by atoms with Crippen molar-refractivity contribution in [3.8, 4) is 0 Å². The number of ether oxygens (including phenoxy) is 5. The Balaban J connectivity index is 1.24. The van der Waals surface area contributed by atoms with Crippen molar-refractivity contribution < 1.29 is 54.0 Å². The smallest absolute Gasteiger partial charge is 0.407 e. The highest BCUT2D eigenvalue weighted by molar-refractivity contribution is 5.68. The summed E-state index contributed by atoms with van der Waals surface area (Å²) in [6.07, 6.45) is -6.96. The van der Waals surface area contributed by atoms with Gasteiger partial charge in [0.1, 0.15) is 30.0 Å². The molecule has 1 amide bonds. The molecule has 1 saturated carbocycles. The molecule has 0 spiro atoms. The van der Waals surface area contributed by atoms with Crippen molar-refractivity contribution in [2.75, 3.05) is 26.3 Å². The van der Waals surface area contributed by atoms with Gasteiger partial charge in [-0.25, -0.2) is 4.79 Å². The van der Waals surface area contributed by atoms with Crippen LogP contribution in [0.5, 0.6) is 0 Å². The fourth-order valence-electron chi connectivity index (χ4n) is 6.84. The van der Waals surface area contributed by atoms with Crippen molar-refractivity contribution >= 4 is 6.09 Å². The average Bonchev–Trinajstić information content (AvgIpc) is 3.09. The van der Waals surface area contributed by atoms with Gasteiger partial charge in [-0.1, -0.05) is 60.7 Å². The summed E-state index contributed by atoms with van der Waals surface area (Å²) >= 11 is 0. The maximum absolute atomic E-state index is 12.4. The van der Waals surface area contributed by atoms with E-state index in [9.17, 15) is 30.3 Å². The zero-order chi connectivity index (χ0) is 35.8. The van der Waals surface area contributed by atoms with E-state index in [1.165, 1.54) is 0 Å². The maximum atomic E-state index is 12.4. The normalized spacial score (nSPS) is 31.1. The Morgan fingerprint density at radius 3 is 1.98 bits per heavy atom. The van der Waals surface area contributed by atoms with Crippen LogP contribution in [-0.4, -0.2) is 123 Å². The summed E-state index contributed by atoms with van der Waals surface area (Å²) in [7, 11) is 0. The van der Waals surface area contributed by atoms with E-state index in [4.69, 9.17) is 23.7 Å². The van der Waals surface area contributed by atoms with Gasteiger partial charge in [-0.3, -0.25) is 4.90 Å². The van der Waals surface area contributed by atoms with E-state index >= 15 is 0 Å². The van der Waals surface area contributed by atoms with Gasteiger partial charge in [-0.15, -0.1) is 0 Å². The minimum absolute atomic E-state index is 0.0275. The number of aliphatic hydroxyl groups is 5. The first kappa shape index (κ1) is 38.5. The van der Waals surface area contributed by atoms with E-state index in [1.807, 2.05) is 86.3 Å². The van der Waals surface area contributed by atoms with Crippen molar-refractivity contribution in [2.24, 2.45) is 0 Å². The third kappa shape index (κ3) is 10.9. The lowest BCUT2D eigenvalue weighted by molar-refractivity contribution is -0.283. The van der Waals surface area contributed by atoms with Gasteiger partial charge in [-0.2, -0.15) is 0 Å². The largest absolute Gasteiger partial charge is 0.444 e. The number of nitrogens with zero attached hydrogens (tertiary/aromatic N) is 1. The van der Waals surface area contributed by atoms with E-state index in [0.717, 1.165) is 11.1 Å². The first-order chi connectivity index (χ1) is 23.9. The predicted molar refractivity (Wildman–Crippen MR) is 182 cm³/mol. The second-order valence-corrected chi connectivity index (χ2v) is 14.6. The van der Waals surface area contributed by atoms with Crippen LogP contribution in [-0.2, 0) is 23.7 Å². The van der Waals surface area contributed by atoms with Gasteiger partial charge < -0.3 is 54.5 Å². The van der Waals surface area contributed by atoms with E-state index in [1.54, 1.807) is 0 Å². The monoisotopic (exact) mass is 702 g/mol. The highest BCUT2D eigenvalue weighted by Gasteiger charge is 2.41. The van der Waals surface area contributed by atoms with E-state index in [2.05, 4.69) is 5.32 Å². The Hall–Kier alpha value is -2.69. The summed E-state index contributed by atoms with van der Waals surface area (Å²) in [5, 5.41) is 58.4. The van der Waals surface area contributed by atoms with Crippen LogP contribution >= 0.6 is 0 Å². The van der Waals surface area contributed by atoms with Crippen LogP contribution in [0.3, 0.4) is 0 Å². The fourth-order valence-corrected chi connectivity index (χ4v) is 6.84. The maximum Gasteiger partial charge on any atom is 0.407 e. The third-order valence-electron chi connectivity index (χ3n) is 9.40. The van der Waals surface area contributed by atoms with Gasteiger partial charge in [0.05, 0.1) is 31.5 Å². The lowest BCUT2D eigenvalue weighted by Gasteiger charge is -2.42. The van der Waals surface area contributed by atoms with Gasteiger partial charge in [0.2, 0.25) is 0 Å². The molecule has 0 radical (unpaired) electrons. The number of alkyl carbamates (subject to hydrolysis) is 1. The highest BCUT2D eigenvalue weighted by atomic mass is 16.7. The second kappa shape index (κ2) is 17.7. The Morgan fingerprint density at radius 1 is 0.840 bits per heavy atom. The molecule has 13 nitrogen and oxygen atoms in total. The molecule has 3 fully saturated rings. The Morgan fingerprint density at radius 2 is 1.40 bits per heavy atom. The third-order valence-corrected chi connectivity index (χ3v) is 9.40. The quantitative estimate of drug-likeness (QED) is 0.191. The van der Waals surface area contributed by atoms with Gasteiger partial charge in [0.25, 0.3) is 0 Å². The molecule has 13 heteroatoms. The van der Waals surface area contributed by atoms with Crippen LogP contribution in [0.2, 0.25) is 0 Å². The first-order valence-corrected chi connectivity index (χ1v) is 17.6. The number of hydrogen-bond acceptors (Lipinski definition) is 12. The van der Waals surface area contributed by atoms with Crippen molar-refractivity contribution in [3.63, 3.8) is 0 Å². The molecule has 50 heavy (non-hydrogen) atoms. The van der Waals surface area contributed by atoms with Crippen molar-refractivity contribution in [1.29, 1.82) is 0 Å². The molecule has 9 atom stereocenters. The minimum Gasteiger partial charge on any atom is -0.444 e. The van der Waals surface area contributed by atoms with Gasteiger partial charge in [0, 0.05) is 42.7 Å². The molecule has 2 heterocycles. The molecule has 2 unspecified atom stereocenters. The molecule has 2 aromatic carbocycles. The number of carbonyl (C=O) groups is 1. The summed E-state index contributed by atoms with van der Waals surface area (Å²) in [6, 6.07) is 18.4. The Labute approximate surface area is 294 Å². The summed E-state index contributed by atoms with van der Waals surface area (Å²) in [5.41, 5.74) is 0.915. The number of benzene rings is 2. The number of rotatable bonds is 12.